The molecule has 16 heavy (non-hydrogen) atoms. The van der Waals surface area contributed by atoms with Gasteiger partial charge in [-0.15, -0.1) is 11.3 Å². The molecule has 2 atom stereocenters. The lowest BCUT2D eigenvalue weighted by Gasteiger charge is -2.17. The average molecular weight is 306 g/mol. The summed E-state index contributed by atoms with van der Waals surface area (Å²) in [6.45, 7) is 5.77. The zero-order valence-corrected chi connectivity index (χ0v) is 12.3. The molecule has 0 bridgehead atoms. The Morgan fingerprint density at radius 3 is 2.75 bits per heavy atom. The van der Waals surface area contributed by atoms with E-state index in [2.05, 4.69) is 35.8 Å². The van der Waals surface area contributed by atoms with Crippen molar-refractivity contribution in [1.82, 2.24) is 0 Å². The van der Waals surface area contributed by atoms with Gasteiger partial charge in [0.25, 0.3) is 0 Å². The Hall–Kier alpha value is 0.1000. The molecule has 0 aromatic carbocycles. The molecule has 4 heteroatoms. The fourth-order valence-corrected chi connectivity index (χ4v) is 3.11. The fourth-order valence-electron chi connectivity index (χ4n) is 1.62. The van der Waals surface area contributed by atoms with Crippen molar-refractivity contribution in [2.45, 2.75) is 32.8 Å². The molecule has 2 nitrogen and oxygen atoms in total. The summed E-state index contributed by atoms with van der Waals surface area (Å²) in [5.74, 6) is 0.613. The summed E-state index contributed by atoms with van der Waals surface area (Å²) in [7, 11) is 0. The van der Waals surface area contributed by atoms with Gasteiger partial charge in [0, 0.05) is 11.4 Å². The highest BCUT2D eigenvalue weighted by Gasteiger charge is 2.13. The van der Waals surface area contributed by atoms with Crippen molar-refractivity contribution < 1.29 is 4.74 Å². The quantitative estimate of drug-likeness (QED) is 0.827. The van der Waals surface area contributed by atoms with Gasteiger partial charge in [-0.05, 0) is 40.4 Å². The zero-order valence-electron chi connectivity index (χ0n) is 9.91. The highest BCUT2D eigenvalue weighted by Crippen LogP contribution is 2.29. The molecule has 0 saturated heterocycles. The maximum Gasteiger partial charge on any atom is 0.104 e. The van der Waals surface area contributed by atoms with Crippen molar-refractivity contribution in [2.75, 3.05) is 13.2 Å². The van der Waals surface area contributed by atoms with Crippen LogP contribution in [-0.4, -0.2) is 13.2 Å². The molecule has 0 fully saturated rings. The van der Waals surface area contributed by atoms with Gasteiger partial charge in [-0.1, -0.05) is 20.3 Å². The molecule has 0 spiro atoms. The van der Waals surface area contributed by atoms with Crippen LogP contribution in [0.4, 0.5) is 0 Å². The minimum Gasteiger partial charge on any atom is -0.371 e. The van der Waals surface area contributed by atoms with E-state index in [0.29, 0.717) is 12.5 Å². The molecular weight excluding hydrogens is 286 g/mol. The van der Waals surface area contributed by atoms with Gasteiger partial charge in [-0.3, -0.25) is 0 Å². The summed E-state index contributed by atoms with van der Waals surface area (Å²) >= 11 is 5.15. The van der Waals surface area contributed by atoms with Crippen LogP contribution in [0.5, 0.6) is 0 Å². The van der Waals surface area contributed by atoms with E-state index in [1.807, 2.05) is 6.07 Å². The van der Waals surface area contributed by atoms with Gasteiger partial charge in [-0.2, -0.15) is 0 Å². The first-order chi connectivity index (χ1) is 7.67. The zero-order chi connectivity index (χ0) is 12.0. The molecular formula is C12H20BrNOS. The number of nitrogens with two attached hydrogens (primary N) is 1. The van der Waals surface area contributed by atoms with Crippen LogP contribution in [-0.2, 0) is 4.74 Å². The number of thiophene rings is 1. The molecule has 2 N–H and O–H groups in total. The summed E-state index contributed by atoms with van der Waals surface area (Å²) in [6, 6.07) is 4.12. The van der Waals surface area contributed by atoms with Gasteiger partial charge in [0.2, 0.25) is 0 Å². The van der Waals surface area contributed by atoms with Crippen molar-refractivity contribution in [2.24, 2.45) is 11.7 Å². The van der Waals surface area contributed by atoms with Crippen molar-refractivity contribution in [1.29, 1.82) is 0 Å². The largest absolute Gasteiger partial charge is 0.371 e. The van der Waals surface area contributed by atoms with E-state index in [4.69, 9.17) is 10.5 Å². The van der Waals surface area contributed by atoms with Crippen LogP contribution in [0, 0.1) is 5.92 Å². The van der Waals surface area contributed by atoms with Crippen LogP contribution in [0.15, 0.2) is 15.9 Å². The molecule has 2 unspecified atom stereocenters. The number of hydrogen-bond donors (Lipinski definition) is 1. The Morgan fingerprint density at radius 1 is 1.50 bits per heavy atom. The summed E-state index contributed by atoms with van der Waals surface area (Å²) in [5, 5.41) is 0. The molecule has 1 aromatic rings. The van der Waals surface area contributed by atoms with Crippen molar-refractivity contribution in [3.8, 4) is 0 Å². The molecule has 92 valence electrons. The third-order valence-corrected chi connectivity index (χ3v) is 4.20. The second-order valence-electron chi connectivity index (χ2n) is 4.09. The Kier molecular flexibility index (Phi) is 6.58. The Morgan fingerprint density at radius 2 is 2.25 bits per heavy atom. The smallest absolute Gasteiger partial charge is 0.104 e. The Balaban J connectivity index is 2.43. The van der Waals surface area contributed by atoms with Gasteiger partial charge in [0.1, 0.15) is 6.10 Å². The van der Waals surface area contributed by atoms with Crippen LogP contribution in [0.25, 0.3) is 0 Å². The fraction of sp³-hybridized carbons (Fsp3) is 0.667. The lowest BCUT2D eigenvalue weighted by atomic mass is 10.1. The van der Waals surface area contributed by atoms with Crippen molar-refractivity contribution in [3.05, 3.63) is 20.8 Å². The number of rotatable bonds is 7. The van der Waals surface area contributed by atoms with Crippen molar-refractivity contribution in [3.63, 3.8) is 0 Å². The summed E-state index contributed by atoms with van der Waals surface area (Å²) < 4.78 is 7.00. The van der Waals surface area contributed by atoms with Crippen LogP contribution in [0.2, 0.25) is 0 Å². The van der Waals surface area contributed by atoms with Crippen molar-refractivity contribution >= 4 is 27.3 Å². The number of ether oxygens (including phenoxy) is 1. The normalized spacial score (nSPS) is 15.0. The molecule has 0 amide bonds. The first kappa shape index (κ1) is 14.2. The molecule has 1 rings (SSSR count). The Bertz CT molecular complexity index is 303. The minimum atomic E-state index is 0.0515. The lowest BCUT2D eigenvalue weighted by molar-refractivity contribution is 0.0372. The second-order valence-corrected chi connectivity index (χ2v) is 6.59. The maximum absolute atomic E-state index is 5.87. The minimum absolute atomic E-state index is 0.0515. The molecule has 0 aliphatic carbocycles. The molecule has 0 radical (unpaired) electrons. The molecule has 0 saturated carbocycles. The van der Waals surface area contributed by atoms with E-state index in [0.717, 1.165) is 10.4 Å². The van der Waals surface area contributed by atoms with E-state index in [-0.39, 0.29) is 6.10 Å². The standard InChI is InChI=1S/C12H20BrNOS/c1-3-4-9(2)8-15-10(7-14)11-5-6-12(13)16-11/h5-6,9-10H,3-4,7-8,14H2,1-2H3. The third kappa shape index (κ3) is 4.53. The topological polar surface area (TPSA) is 35.2 Å². The molecule has 0 aliphatic heterocycles. The van der Waals surface area contributed by atoms with Gasteiger partial charge in [0.15, 0.2) is 0 Å². The molecule has 1 aromatic heterocycles. The molecule has 1 heterocycles. The SMILES string of the molecule is CCCC(C)COC(CN)c1ccc(Br)s1. The summed E-state index contributed by atoms with van der Waals surface area (Å²) in [6.07, 6.45) is 2.48. The van der Waals surface area contributed by atoms with E-state index in [1.54, 1.807) is 11.3 Å². The van der Waals surface area contributed by atoms with Gasteiger partial charge in [0.05, 0.1) is 10.4 Å². The lowest BCUT2D eigenvalue weighted by Crippen LogP contribution is -2.18. The highest BCUT2D eigenvalue weighted by molar-refractivity contribution is 9.11. The number of halogens is 1. The van der Waals surface area contributed by atoms with E-state index >= 15 is 0 Å². The van der Waals surface area contributed by atoms with Gasteiger partial charge in [-0.25, -0.2) is 0 Å². The molecule has 0 aliphatic rings. The van der Waals surface area contributed by atoms with Gasteiger partial charge < -0.3 is 10.5 Å². The summed E-state index contributed by atoms with van der Waals surface area (Å²) in [5.41, 5.74) is 5.74. The second kappa shape index (κ2) is 7.43. The average Bonchev–Trinajstić information content (AvgIpc) is 2.66. The first-order valence-electron chi connectivity index (χ1n) is 5.74. The third-order valence-electron chi connectivity index (χ3n) is 2.49. The number of hydrogen-bond acceptors (Lipinski definition) is 3. The van der Waals surface area contributed by atoms with Crippen LogP contribution in [0.1, 0.15) is 37.7 Å². The maximum atomic E-state index is 5.87. The monoisotopic (exact) mass is 305 g/mol. The predicted octanol–water partition coefficient (Wildman–Crippen LogP) is 3.96. The van der Waals surface area contributed by atoms with Gasteiger partial charge >= 0.3 is 0 Å². The van der Waals surface area contributed by atoms with E-state index in [1.165, 1.54) is 17.7 Å². The first-order valence-corrected chi connectivity index (χ1v) is 7.35. The predicted molar refractivity (Wildman–Crippen MR) is 73.8 cm³/mol. The van der Waals surface area contributed by atoms with E-state index < -0.39 is 0 Å². The summed E-state index contributed by atoms with van der Waals surface area (Å²) in [4.78, 5) is 1.21. The van der Waals surface area contributed by atoms with Crippen LogP contribution >= 0.6 is 27.3 Å². The van der Waals surface area contributed by atoms with Crippen LogP contribution in [0.3, 0.4) is 0 Å². The van der Waals surface area contributed by atoms with Crippen LogP contribution < -0.4 is 5.73 Å². The Labute approximate surface area is 110 Å². The highest BCUT2D eigenvalue weighted by atomic mass is 79.9. The van der Waals surface area contributed by atoms with E-state index in [9.17, 15) is 0 Å².